The molecule has 0 radical (unpaired) electrons. The standard InChI is InChI=1S/C13H13NO/c1-9-2-7-12(15)13(9)11-5-3-10(8-14)4-6-11/h3-6,12,15H,2,7H2,1H3/t12-/m0/s1. The van der Waals surface area contributed by atoms with Crippen LogP contribution in [0.1, 0.15) is 30.9 Å². The lowest BCUT2D eigenvalue weighted by molar-refractivity contribution is 0.231. The molecular formula is C13H13NO. The molecule has 0 fully saturated rings. The fraction of sp³-hybridized carbons (Fsp3) is 0.308. The van der Waals surface area contributed by atoms with E-state index >= 15 is 0 Å². The molecule has 0 amide bonds. The molecule has 0 aliphatic heterocycles. The summed E-state index contributed by atoms with van der Waals surface area (Å²) in [6, 6.07) is 9.49. The predicted molar refractivity (Wildman–Crippen MR) is 59.0 cm³/mol. The van der Waals surface area contributed by atoms with Gasteiger partial charge in [0.05, 0.1) is 17.7 Å². The second-order valence-corrected chi connectivity index (χ2v) is 3.94. The van der Waals surface area contributed by atoms with Gasteiger partial charge in [-0.2, -0.15) is 5.26 Å². The molecule has 1 aliphatic carbocycles. The summed E-state index contributed by atoms with van der Waals surface area (Å²) < 4.78 is 0. The van der Waals surface area contributed by atoms with Crippen molar-refractivity contribution in [2.45, 2.75) is 25.9 Å². The SMILES string of the molecule is CC1=C(c2ccc(C#N)cc2)[C@@H](O)CC1. The molecule has 1 atom stereocenters. The summed E-state index contributed by atoms with van der Waals surface area (Å²) in [7, 11) is 0. The van der Waals surface area contributed by atoms with Gasteiger partial charge in [0, 0.05) is 0 Å². The van der Waals surface area contributed by atoms with Crippen molar-refractivity contribution in [1.29, 1.82) is 5.26 Å². The summed E-state index contributed by atoms with van der Waals surface area (Å²) in [5, 5.41) is 18.5. The topological polar surface area (TPSA) is 44.0 Å². The molecule has 0 saturated carbocycles. The average molecular weight is 199 g/mol. The highest BCUT2D eigenvalue weighted by Crippen LogP contribution is 2.33. The Hall–Kier alpha value is -1.59. The van der Waals surface area contributed by atoms with Crippen LogP contribution in [0.15, 0.2) is 29.8 Å². The highest BCUT2D eigenvalue weighted by atomic mass is 16.3. The molecule has 2 rings (SSSR count). The number of rotatable bonds is 1. The number of allylic oxidation sites excluding steroid dienone is 1. The lowest BCUT2D eigenvalue weighted by Gasteiger charge is -2.09. The van der Waals surface area contributed by atoms with E-state index in [2.05, 4.69) is 13.0 Å². The fourth-order valence-electron chi connectivity index (χ4n) is 2.08. The molecule has 1 aromatic carbocycles. The van der Waals surface area contributed by atoms with E-state index < -0.39 is 0 Å². The van der Waals surface area contributed by atoms with Crippen molar-refractivity contribution in [2.75, 3.05) is 0 Å². The van der Waals surface area contributed by atoms with Crippen LogP contribution in [0.4, 0.5) is 0 Å². The summed E-state index contributed by atoms with van der Waals surface area (Å²) >= 11 is 0. The van der Waals surface area contributed by atoms with Crippen LogP contribution in [-0.2, 0) is 0 Å². The van der Waals surface area contributed by atoms with Crippen LogP contribution < -0.4 is 0 Å². The normalized spacial score (nSPS) is 20.5. The first-order valence-corrected chi connectivity index (χ1v) is 5.10. The Morgan fingerprint density at radius 3 is 2.47 bits per heavy atom. The van der Waals surface area contributed by atoms with E-state index in [0.717, 1.165) is 24.0 Å². The van der Waals surface area contributed by atoms with Crippen molar-refractivity contribution in [1.82, 2.24) is 0 Å². The lowest BCUT2D eigenvalue weighted by Crippen LogP contribution is -2.03. The Balaban J connectivity index is 2.38. The minimum atomic E-state index is -0.335. The number of nitrogens with zero attached hydrogens (tertiary/aromatic N) is 1. The molecule has 0 bridgehead atoms. The first kappa shape index (κ1) is 9.95. The van der Waals surface area contributed by atoms with Gasteiger partial charge in [0.25, 0.3) is 0 Å². The second kappa shape index (κ2) is 3.88. The number of hydrogen-bond acceptors (Lipinski definition) is 2. The maximum absolute atomic E-state index is 9.82. The zero-order chi connectivity index (χ0) is 10.8. The predicted octanol–water partition coefficient (Wildman–Crippen LogP) is 2.49. The van der Waals surface area contributed by atoms with Crippen molar-refractivity contribution in [3.8, 4) is 6.07 Å². The van der Waals surface area contributed by atoms with E-state index in [4.69, 9.17) is 5.26 Å². The van der Waals surface area contributed by atoms with Crippen LogP contribution in [0.25, 0.3) is 5.57 Å². The van der Waals surface area contributed by atoms with E-state index in [9.17, 15) is 5.11 Å². The van der Waals surface area contributed by atoms with Gasteiger partial charge in [0.15, 0.2) is 0 Å². The van der Waals surface area contributed by atoms with E-state index in [1.54, 1.807) is 12.1 Å². The van der Waals surface area contributed by atoms with Crippen LogP contribution in [0.5, 0.6) is 0 Å². The third-order valence-corrected chi connectivity index (χ3v) is 2.91. The smallest absolute Gasteiger partial charge is 0.0991 e. The van der Waals surface area contributed by atoms with E-state index in [0.29, 0.717) is 5.56 Å². The fourth-order valence-corrected chi connectivity index (χ4v) is 2.08. The van der Waals surface area contributed by atoms with Gasteiger partial charge in [-0.25, -0.2) is 0 Å². The number of nitriles is 1. The molecule has 76 valence electrons. The third-order valence-electron chi connectivity index (χ3n) is 2.91. The molecule has 0 saturated heterocycles. The Morgan fingerprint density at radius 1 is 1.33 bits per heavy atom. The number of aliphatic hydroxyl groups excluding tert-OH is 1. The molecule has 2 nitrogen and oxygen atoms in total. The molecule has 1 N–H and O–H groups in total. The van der Waals surface area contributed by atoms with Gasteiger partial charge in [0.2, 0.25) is 0 Å². The first-order chi connectivity index (χ1) is 7.22. The van der Waals surface area contributed by atoms with Crippen LogP contribution in [0, 0.1) is 11.3 Å². The number of hydrogen-bond donors (Lipinski definition) is 1. The summed E-state index contributed by atoms with van der Waals surface area (Å²) in [6.45, 7) is 2.06. The van der Waals surface area contributed by atoms with Crippen molar-refractivity contribution in [2.24, 2.45) is 0 Å². The summed E-state index contributed by atoms with van der Waals surface area (Å²) in [5.41, 5.74) is 3.99. The highest BCUT2D eigenvalue weighted by Gasteiger charge is 2.21. The summed E-state index contributed by atoms with van der Waals surface area (Å²) in [6.07, 6.45) is 1.45. The van der Waals surface area contributed by atoms with Crippen LogP contribution in [0.3, 0.4) is 0 Å². The van der Waals surface area contributed by atoms with Crippen molar-refractivity contribution in [3.05, 3.63) is 41.0 Å². The zero-order valence-corrected chi connectivity index (χ0v) is 8.70. The van der Waals surface area contributed by atoms with Crippen molar-refractivity contribution < 1.29 is 5.11 Å². The van der Waals surface area contributed by atoms with Crippen molar-refractivity contribution >= 4 is 5.57 Å². The Labute approximate surface area is 89.5 Å². The minimum Gasteiger partial charge on any atom is -0.388 e. The molecule has 0 aromatic heterocycles. The van der Waals surface area contributed by atoms with Gasteiger partial charge < -0.3 is 5.11 Å². The largest absolute Gasteiger partial charge is 0.388 e. The molecule has 0 unspecified atom stereocenters. The van der Waals surface area contributed by atoms with Gasteiger partial charge >= 0.3 is 0 Å². The maximum Gasteiger partial charge on any atom is 0.0991 e. The Kier molecular flexibility index (Phi) is 2.57. The first-order valence-electron chi connectivity index (χ1n) is 5.10. The Bertz CT molecular complexity index is 437. The summed E-state index contributed by atoms with van der Waals surface area (Å²) in [5.74, 6) is 0. The van der Waals surface area contributed by atoms with E-state index in [1.807, 2.05) is 12.1 Å². The van der Waals surface area contributed by atoms with E-state index in [1.165, 1.54) is 5.57 Å². The Morgan fingerprint density at radius 2 is 2.00 bits per heavy atom. The molecule has 2 heteroatoms. The van der Waals surface area contributed by atoms with Gasteiger partial charge in [-0.15, -0.1) is 0 Å². The minimum absolute atomic E-state index is 0.335. The van der Waals surface area contributed by atoms with Gasteiger partial charge in [0.1, 0.15) is 0 Å². The second-order valence-electron chi connectivity index (χ2n) is 3.94. The number of aliphatic hydroxyl groups is 1. The molecule has 0 heterocycles. The van der Waals surface area contributed by atoms with Gasteiger partial charge in [-0.1, -0.05) is 17.7 Å². The van der Waals surface area contributed by atoms with Crippen LogP contribution in [0.2, 0.25) is 0 Å². The van der Waals surface area contributed by atoms with E-state index in [-0.39, 0.29) is 6.10 Å². The lowest BCUT2D eigenvalue weighted by atomic mass is 10.00. The van der Waals surface area contributed by atoms with Gasteiger partial charge in [-0.05, 0) is 43.0 Å². The van der Waals surface area contributed by atoms with Gasteiger partial charge in [-0.3, -0.25) is 0 Å². The van der Waals surface area contributed by atoms with Crippen LogP contribution in [-0.4, -0.2) is 11.2 Å². The third kappa shape index (κ3) is 1.79. The maximum atomic E-state index is 9.82. The highest BCUT2D eigenvalue weighted by molar-refractivity contribution is 5.73. The molecular weight excluding hydrogens is 186 g/mol. The number of benzene rings is 1. The monoisotopic (exact) mass is 199 g/mol. The molecule has 1 aromatic rings. The van der Waals surface area contributed by atoms with Crippen molar-refractivity contribution in [3.63, 3.8) is 0 Å². The molecule has 15 heavy (non-hydrogen) atoms. The quantitative estimate of drug-likeness (QED) is 0.755. The molecule has 0 spiro atoms. The average Bonchev–Trinajstić information content (AvgIpc) is 2.59. The molecule has 1 aliphatic rings. The van der Waals surface area contributed by atoms with Crippen LogP contribution >= 0.6 is 0 Å². The zero-order valence-electron chi connectivity index (χ0n) is 8.70. The summed E-state index contributed by atoms with van der Waals surface area (Å²) in [4.78, 5) is 0.